The lowest BCUT2D eigenvalue weighted by atomic mass is 9.87. The van der Waals surface area contributed by atoms with E-state index in [0.717, 1.165) is 10.6 Å². The molecular formula is C12H17NOS. The van der Waals surface area contributed by atoms with Crippen LogP contribution in [0.5, 0.6) is 0 Å². The molecule has 0 saturated heterocycles. The lowest BCUT2D eigenvalue weighted by molar-refractivity contribution is 0.0857. The predicted molar refractivity (Wildman–Crippen MR) is 64.5 cm³/mol. The van der Waals surface area contributed by atoms with Crippen molar-refractivity contribution in [3.63, 3.8) is 0 Å². The van der Waals surface area contributed by atoms with Crippen LogP contribution in [0.25, 0.3) is 0 Å². The average Bonchev–Trinajstić information content (AvgIpc) is 2.15. The van der Waals surface area contributed by atoms with Gasteiger partial charge < -0.3 is 0 Å². The fourth-order valence-electron chi connectivity index (χ4n) is 1.33. The number of pyridine rings is 1. The van der Waals surface area contributed by atoms with Gasteiger partial charge in [-0.25, -0.2) is 4.98 Å². The molecule has 15 heavy (non-hydrogen) atoms. The van der Waals surface area contributed by atoms with E-state index >= 15 is 0 Å². The smallest absolute Gasteiger partial charge is 0.169 e. The zero-order valence-corrected chi connectivity index (χ0v) is 10.7. The number of hydrogen-bond acceptors (Lipinski definition) is 3. The first-order chi connectivity index (χ1) is 6.86. The van der Waals surface area contributed by atoms with Crippen LogP contribution in [-0.4, -0.2) is 17.0 Å². The number of rotatable bonds is 2. The van der Waals surface area contributed by atoms with Crippen molar-refractivity contribution in [3.8, 4) is 0 Å². The van der Waals surface area contributed by atoms with Gasteiger partial charge in [0.15, 0.2) is 5.78 Å². The van der Waals surface area contributed by atoms with Gasteiger partial charge in [0.1, 0.15) is 0 Å². The van der Waals surface area contributed by atoms with Crippen LogP contribution in [0.2, 0.25) is 0 Å². The molecule has 3 heteroatoms. The molecule has 0 aliphatic carbocycles. The second kappa shape index (κ2) is 4.35. The lowest BCUT2D eigenvalue weighted by Gasteiger charge is -2.16. The summed E-state index contributed by atoms with van der Waals surface area (Å²) in [5.74, 6) is 0.144. The molecule has 0 amide bonds. The van der Waals surface area contributed by atoms with Crippen LogP contribution in [-0.2, 0) is 0 Å². The third-order valence-electron chi connectivity index (χ3n) is 2.17. The van der Waals surface area contributed by atoms with Crippen molar-refractivity contribution in [2.24, 2.45) is 5.41 Å². The van der Waals surface area contributed by atoms with Gasteiger partial charge in [-0.2, -0.15) is 0 Å². The van der Waals surface area contributed by atoms with E-state index < -0.39 is 0 Å². The predicted octanol–water partition coefficient (Wildman–Crippen LogP) is 3.34. The van der Waals surface area contributed by atoms with Crippen LogP contribution in [0.1, 0.15) is 36.7 Å². The zero-order valence-electron chi connectivity index (χ0n) is 9.92. The lowest BCUT2D eigenvalue weighted by Crippen LogP contribution is -2.20. The van der Waals surface area contributed by atoms with Crippen molar-refractivity contribution in [1.29, 1.82) is 0 Å². The molecule has 0 radical (unpaired) electrons. The van der Waals surface area contributed by atoms with Crippen molar-refractivity contribution < 1.29 is 4.79 Å². The van der Waals surface area contributed by atoms with Crippen molar-refractivity contribution in [1.82, 2.24) is 4.98 Å². The summed E-state index contributed by atoms with van der Waals surface area (Å²) in [6, 6.07) is 1.92. The summed E-state index contributed by atoms with van der Waals surface area (Å²) < 4.78 is 0. The van der Waals surface area contributed by atoms with Gasteiger partial charge in [-0.05, 0) is 24.8 Å². The molecular weight excluding hydrogens is 206 g/mol. The second-order valence-corrected chi connectivity index (χ2v) is 5.42. The Hall–Kier alpha value is -0.830. The first-order valence-electron chi connectivity index (χ1n) is 4.91. The highest BCUT2D eigenvalue weighted by Crippen LogP contribution is 2.23. The number of hydrogen-bond donors (Lipinski definition) is 0. The summed E-state index contributed by atoms with van der Waals surface area (Å²) in [6.45, 7) is 7.76. The van der Waals surface area contributed by atoms with E-state index in [2.05, 4.69) is 4.98 Å². The van der Waals surface area contributed by atoms with Crippen LogP contribution < -0.4 is 0 Å². The molecule has 0 N–H and O–H groups in total. The molecule has 0 aromatic carbocycles. The van der Waals surface area contributed by atoms with E-state index in [1.54, 1.807) is 18.0 Å². The third kappa shape index (κ3) is 2.81. The third-order valence-corrected chi connectivity index (χ3v) is 2.98. The Labute approximate surface area is 95.5 Å². The molecule has 0 atom stereocenters. The topological polar surface area (TPSA) is 30.0 Å². The Bertz CT molecular complexity index is 380. The summed E-state index contributed by atoms with van der Waals surface area (Å²) in [5, 5.41) is 0.987. The highest BCUT2D eigenvalue weighted by molar-refractivity contribution is 7.98. The van der Waals surface area contributed by atoms with Crippen LogP contribution >= 0.6 is 11.8 Å². The number of aryl methyl sites for hydroxylation is 1. The van der Waals surface area contributed by atoms with Crippen molar-refractivity contribution in [2.45, 2.75) is 32.7 Å². The monoisotopic (exact) mass is 223 g/mol. The van der Waals surface area contributed by atoms with Crippen molar-refractivity contribution in [3.05, 3.63) is 23.4 Å². The van der Waals surface area contributed by atoms with Gasteiger partial charge in [-0.15, -0.1) is 11.8 Å². The van der Waals surface area contributed by atoms with Crippen LogP contribution in [0, 0.1) is 12.3 Å². The number of thioether (sulfide) groups is 1. The standard InChI is InChI=1S/C12H17NOS/c1-8-6-9(7-13-11(8)15-5)10(14)12(2,3)4/h6-7H,1-5H3. The number of carbonyl (C=O) groups excluding carboxylic acids is 1. The van der Waals surface area contributed by atoms with Crippen molar-refractivity contribution in [2.75, 3.05) is 6.26 Å². The number of Topliss-reactive ketones (excluding diaryl/α,β-unsaturated/α-hetero) is 1. The van der Waals surface area contributed by atoms with Gasteiger partial charge in [0.2, 0.25) is 0 Å². The largest absolute Gasteiger partial charge is 0.294 e. The molecule has 82 valence electrons. The Balaban J connectivity index is 3.08. The van der Waals surface area contributed by atoms with Crippen LogP contribution in [0.3, 0.4) is 0 Å². The van der Waals surface area contributed by atoms with Gasteiger partial charge in [0, 0.05) is 17.2 Å². The van der Waals surface area contributed by atoms with Gasteiger partial charge >= 0.3 is 0 Å². The summed E-state index contributed by atoms with van der Waals surface area (Å²) in [7, 11) is 0. The van der Waals surface area contributed by atoms with Gasteiger partial charge in [-0.3, -0.25) is 4.79 Å². The number of aromatic nitrogens is 1. The average molecular weight is 223 g/mol. The van der Waals surface area contributed by atoms with Crippen LogP contribution in [0.4, 0.5) is 0 Å². The second-order valence-electron chi connectivity index (χ2n) is 4.63. The molecule has 1 aromatic rings. The fraction of sp³-hybridized carbons (Fsp3) is 0.500. The highest BCUT2D eigenvalue weighted by atomic mass is 32.2. The van der Waals surface area contributed by atoms with Crippen LogP contribution in [0.15, 0.2) is 17.3 Å². The van der Waals surface area contributed by atoms with E-state index in [9.17, 15) is 4.79 Å². The van der Waals surface area contributed by atoms with E-state index in [-0.39, 0.29) is 11.2 Å². The van der Waals surface area contributed by atoms with Crippen molar-refractivity contribution >= 4 is 17.5 Å². The number of nitrogens with zero attached hydrogens (tertiary/aromatic N) is 1. The quantitative estimate of drug-likeness (QED) is 0.569. The molecule has 1 aromatic heterocycles. The maximum atomic E-state index is 12.0. The first kappa shape index (κ1) is 12.2. The molecule has 1 heterocycles. The minimum atomic E-state index is -0.338. The Morgan fingerprint density at radius 2 is 2.00 bits per heavy atom. The van der Waals surface area contributed by atoms with Gasteiger partial charge in [0.05, 0.1) is 5.03 Å². The van der Waals surface area contributed by atoms with E-state index in [0.29, 0.717) is 5.56 Å². The fourth-order valence-corrected chi connectivity index (χ4v) is 1.87. The summed E-state index contributed by atoms with van der Waals surface area (Å²) in [6.07, 6.45) is 3.66. The molecule has 0 aliphatic rings. The van der Waals surface area contributed by atoms with E-state index in [1.807, 2.05) is 40.0 Å². The highest BCUT2D eigenvalue weighted by Gasteiger charge is 2.23. The minimum absolute atomic E-state index is 0.144. The Morgan fingerprint density at radius 1 is 1.40 bits per heavy atom. The number of ketones is 1. The molecule has 0 bridgehead atoms. The maximum absolute atomic E-state index is 12.0. The summed E-state index contributed by atoms with van der Waals surface area (Å²) in [4.78, 5) is 16.2. The van der Waals surface area contributed by atoms with Gasteiger partial charge in [-0.1, -0.05) is 20.8 Å². The maximum Gasteiger partial charge on any atom is 0.169 e. The normalized spacial score (nSPS) is 11.5. The number of carbonyl (C=O) groups is 1. The zero-order chi connectivity index (χ0) is 11.6. The Morgan fingerprint density at radius 3 is 2.40 bits per heavy atom. The molecule has 0 spiro atoms. The molecule has 0 fully saturated rings. The summed E-state index contributed by atoms with van der Waals surface area (Å²) >= 11 is 1.60. The minimum Gasteiger partial charge on any atom is -0.294 e. The van der Waals surface area contributed by atoms with E-state index in [1.165, 1.54) is 0 Å². The van der Waals surface area contributed by atoms with E-state index in [4.69, 9.17) is 0 Å². The molecule has 1 rings (SSSR count). The summed E-state index contributed by atoms with van der Waals surface area (Å²) in [5.41, 5.74) is 1.44. The first-order valence-corrected chi connectivity index (χ1v) is 6.14. The van der Waals surface area contributed by atoms with Gasteiger partial charge in [0.25, 0.3) is 0 Å². The molecule has 0 unspecified atom stereocenters. The SMILES string of the molecule is CSc1ncc(C(=O)C(C)(C)C)cc1C. The molecule has 2 nitrogen and oxygen atoms in total. The Kier molecular flexibility index (Phi) is 3.55. The molecule has 0 aliphatic heterocycles. The molecule has 0 saturated carbocycles.